The Morgan fingerprint density at radius 1 is 1.50 bits per heavy atom. The Morgan fingerprint density at radius 2 is 2.25 bits per heavy atom. The number of fused-ring (bicyclic) bond motifs is 1. The molecular weight excluding hydrogens is 319 g/mol. The summed E-state index contributed by atoms with van der Waals surface area (Å²) in [7, 11) is 0. The molecule has 0 saturated heterocycles. The summed E-state index contributed by atoms with van der Waals surface area (Å²) in [4.78, 5) is 11.9. The van der Waals surface area contributed by atoms with E-state index in [1.165, 1.54) is 11.8 Å². The molecule has 0 fully saturated rings. The lowest BCUT2D eigenvalue weighted by atomic mass is 10.4. The van der Waals surface area contributed by atoms with E-state index in [0.29, 0.717) is 27.4 Å². The van der Waals surface area contributed by atoms with Gasteiger partial charge < -0.3 is 5.32 Å². The zero-order valence-corrected chi connectivity index (χ0v) is 13.4. The summed E-state index contributed by atoms with van der Waals surface area (Å²) in [6.07, 6.45) is 2.59. The number of hydrogen-bond acceptors (Lipinski definition) is 4. The standard InChI is InChI=1S/C12H14Cl2N4OS/c1-3-4-15-11(19)7(2)20-12-17-16-10-9(14)5-8(13)6-18(10)12/h5-7H,3-4H2,1-2H3,(H,15,19). The van der Waals surface area contributed by atoms with E-state index in [0.717, 1.165) is 6.42 Å². The molecule has 5 nitrogen and oxygen atoms in total. The highest BCUT2D eigenvalue weighted by Crippen LogP contribution is 2.27. The highest BCUT2D eigenvalue weighted by Gasteiger charge is 2.18. The zero-order chi connectivity index (χ0) is 14.7. The topological polar surface area (TPSA) is 59.3 Å². The predicted octanol–water partition coefficient (Wildman–Crippen LogP) is 3.04. The smallest absolute Gasteiger partial charge is 0.233 e. The predicted molar refractivity (Wildman–Crippen MR) is 81.6 cm³/mol. The monoisotopic (exact) mass is 332 g/mol. The number of hydrogen-bond donors (Lipinski definition) is 1. The van der Waals surface area contributed by atoms with Crippen molar-refractivity contribution in [2.24, 2.45) is 0 Å². The molecule has 1 N–H and O–H groups in total. The maximum absolute atomic E-state index is 11.9. The van der Waals surface area contributed by atoms with Gasteiger partial charge in [-0.25, -0.2) is 0 Å². The number of halogens is 2. The number of pyridine rings is 1. The van der Waals surface area contributed by atoms with Crippen LogP contribution in [0, 0.1) is 0 Å². The number of thioether (sulfide) groups is 1. The number of carbonyl (C=O) groups excluding carboxylic acids is 1. The highest BCUT2D eigenvalue weighted by molar-refractivity contribution is 8.00. The molecule has 1 amide bonds. The number of amides is 1. The molecule has 0 aromatic carbocycles. The molecule has 1 atom stereocenters. The molecule has 2 aromatic rings. The maximum Gasteiger partial charge on any atom is 0.233 e. The maximum atomic E-state index is 11.9. The number of aromatic nitrogens is 3. The fourth-order valence-electron chi connectivity index (χ4n) is 1.59. The SMILES string of the molecule is CCCNC(=O)C(C)Sc1nnc2c(Cl)cc(Cl)cn12. The van der Waals surface area contributed by atoms with Crippen molar-refractivity contribution in [2.75, 3.05) is 6.54 Å². The molecule has 108 valence electrons. The summed E-state index contributed by atoms with van der Waals surface area (Å²) >= 11 is 13.3. The van der Waals surface area contributed by atoms with Crippen LogP contribution in [0.1, 0.15) is 20.3 Å². The summed E-state index contributed by atoms with van der Waals surface area (Å²) in [6.45, 7) is 4.50. The average Bonchev–Trinajstić information content (AvgIpc) is 2.79. The second kappa shape index (κ2) is 6.65. The van der Waals surface area contributed by atoms with Crippen molar-refractivity contribution >= 4 is 46.5 Å². The van der Waals surface area contributed by atoms with Gasteiger partial charge in [-0.2, -0.15) is 0 Å². The van der Waals surface area contributed by atoms with Gasteiger partial charge in [0.05, 0.1) is 15.3 Å². The molecule has 0 spiro atoms. The van der Waals surface area contributed by atoms with Crippen molar-refractivity contribution in [3.8, 4) is 0 Å². The lowest BCUT2D eigenvalue weighted by Gasteiger charge is -2.10. The van der Waals surface area contributed by atoms with Crippen LogP contribution in [-0.2, 0) is 4.79 Å². The molecule has 8 heteroatoms. The first kappa shape index (κ1) is 15.4. The van der Waals surface area contributed by atoms with Crippen molar-refractivity contribution in [2.45, 2.75) is 30.7 Å². The third kappa shape index (κ3) is 3.37. The van der Waals surface area contributed by atoms with E-state index >= 15 is 0 Å². The van der Waals surface area contributed by atoms with Gasteiger partial charge in [-0.15, -0.1) is 10.2 Å². The number of nitrogens with zero attached hydrogens (tertiary/aromatic N) is 3. The fourth-order valence-corrected chi connectivity index (χ4v) is 2.94. The van der Waals surface area contributed by atoms with Crippen LogP contribution in [0.5, 0.6) is 0 Å². The molecule has 20 heavy (non-hydrogen) atoms. The lowest BCUT2D eigenvalue weighted by molar-refractivity contribution is -0.120. The summed E-state index contributed by atoms with van der Waals surface area (Å²) < 4.78 is 1.69. The number of carbonyl (C=O) groups is 1. The zero-order valence-electron chi connectivity index (χ0n) is 11.1. The summed E-state index contributed by atoms with van der Waals surface area (Å²) in [6, 6.07) is 1.61. The molecule has 0 bridgehead atoms. The summed E-state index contributed by atoms with van der Waals surface area (Å²) in [5.41, 5.74) is 0.528. The molecule has 2 rings (SSSR count). The minimum absolute atomic E-state index is 0.0262. The Morgan fingerprint density at radius 3 is 2.95 bits per heavy atom. The van der Waals surface area contributed by atoms with Crippen LogP contribution >= 0.6 is 35.0 Å². The first-order valence-corrected chi connectivity index (χ1v) is 7.80. The molecule has 0 saturated carbocycles. The molecule has 1 unspecified atom stereocenters. The Kier molecular flexibility index (Phi) is 5.12. The lowest BCUT2D eigenvalue weighted by Crippen LogP contribution is -2.31. The van der Waals surface area contributed by atoms with Crippen LogP contribution in [0.3, 0.4) is 0 Å². The fraction of sp³-hybridized carbons (Fsp3) is 0.417. The Bertz CT molecular complexity index is 631. The van der Waals surface area contributed by atoms with E-state index < -0.39 is 0 Å². The molecule has 0 aliphatic heterocycles. The van der Waals surface area contributed by atoms with Crippen LogP contribution < -0.4 is 5.32 Å². The van der Waals surface area contributed by atoms with Gasteiger partial charge in [-0.05, 0) is 19.4 Å². The van der Waals surface area contributed by atoms with Crippen molar-refractivity contribution in [1.29, 1.82) is 0 Å². The number of rotatable bonds is 5. The normalized spacial score (nSPS) is 12.6. The average molecular weight is 333 g/mol. The number of nitrogens with one attached hydrogen (secondary N) is 1. The summed E-state index contributed by atoms with van der Waals surface area (Å²) in [5, 5.41) is 12.1. The van der Waals surface area contributed by atoms with Crippen molar-refractivity contribution in [3.05, 3.63) is 22.3 Å². The van der Waals surface area contributed by atoms with Crippen LogP contribution in [0.2, 0.25) is 10.0 Å². The Hall–Kier alpha value is -0.980. The third-order valence-electron chi connectivity index (χ3n) is 2.60. The van der Waals surface area contributed by atoms with Gasteiger partial charge in [0.15, 0.2) is 10.8 Å². The summed E-state index contributed by atoms with van der Waals surface area (Å²) in [5.74, 6) is -0.0262. The highest BCUT2D eigenvalue weighted by atomic mass is 35.5. The first-order chi connectivity index (χ1) is 9.52. The van der Waals surface area contributed by atoms with Gasteiger partial charge in [0.2, 0.25) is 5.91 Å². The second-order valence-corrected chi connectivity index (χ2v) is 6.39. The molecule has 2 heterocycles. The van der Waals surface area contributed by atoms with Crippen LogP contribution in [-0.4, -0.2) is 32.3 Å². The van der Waals surface area contributed by atoms with Gasteiger partial charge in [0.25, 0.3) is 0 Å². The largest absolute Gasteiger partial charge is 0.355 e. The van der Waals surface area contributed by atoms with Gasteiger partial charge in [-0.3, -0.25) is 9.20 Å². The van der Waals surface area contributed by atoms with Crippen molar-refractivity contribution in [3.63, 3.8) is 0 Å². The minimum atomic E-state index is -0.272. The van der Waals surface area contributed by atoms with Crippen molar-refractivity contribution in [1.82, 2.24) is 19.9 Å². The van der Waals surface area contributed by atoms with E-state index in [1.54, 1.807) is 16.7 Å². The second-order valence-electron chi connectivity index (χ2n) is 4.23. The quantitative estimate of drug-likeness (QED) is 0.855. The molecule has 0 aliphatic carbocycles. The first-order valence-electron chi connectivity index (χ1n) is 6.17. The van der Waals surface area contributed by atoms with Crippen LogP contribution in [0.25, 0.3) is 5.65 Å². The van der Waals surface area contributed by atoms with Gasteiger partial charge >= 0.3 is 0 Å². The van der Waals surface area contributed by atoms with Gasteiger partial charge in [0.1, 0.15) is 0 Å². The van der Waals surface area contributed by atoms with E-state index in [9.17, 15) is 4.79 Å². The molecule has 0 radical (unpaired) electrons. The van der Waals surface area contributed by atoms with Gasteiger partial charge in [0, 0.05) is 12.7 Å². The molecule has 2 aromatic heterocycles. The van der Waals surface area contributed by atoms with Gasteiger partial charge in [-0.1, -0.05) is 41.9 Å². The van der Waals surface area contributed by atoms with Crippen LogP contribution in [0.15, 0.2) is 17.4 Å². The van der Waals surface area contributed by atoms with Crippen LogP contribution in [0.4, 0.5) is 0 Å². The Balaban J connectivity index is 2.19. The van der Waals surface area contributed by atoms with Crippen molar-refractivity contribution < 1.29 is 4.79 Å². The minimum Gasteiger partial charge on any atom is -0.355 e. The molecule has 0 aliphatic rings. The molecular formula is C12H14Cl2N4OS. The Labute approximate surface area is 131 Å². The van der Waals surface area contributed by atoms with E-state index in [4.69, 9.17) is 23.2 Å². The van der Waals surface area contributed by atoms with E-state index in [1.807, 2.05) is 13.8 Å². The third-order valence-corrected chi connectivity index (χ3v) is 4.14. The van der Waals surface area contributed by atoms with E-state index in [2.05, 4.69) is 15.5 Å². The van der Waals surface area contributed by atoms with E-state index in [-0.39, 0.29) is 11.2 Å².